The lowest BCUT2D eigenvalue weighted by Crippen LogP contribution is -2.50. The van der Waals surface area contributed by atoms with E-state index in [-0.39, 0.29) is 11.1 Å². The van der Waals surface area contributed by atoms with Crippen molar-refractivity contribution in [3.63, 3.8) is 0 Å². The predicted molar refractivity (Wildman–Crippen MR) is 55.3 cm³/mol. The molecule has 15 heavy (non-hydrogen) atoms. The van der Waals surface area contributed by atoms with Crippen molar-refractivity contribution in [2.45, 2.75) is 12.7 Å². The summed E-state index contributed by atoms with van der Waals surface area (Å²) in [7, 11) is 2.06. The first-order valence-electron chi connectivity index (χ1n) is 4.52. The van der Waals surface area contributed by atoms with Crippen molar-refractivity contribution in [2.24, 2.45) is 0 Å². The van der Waals surface area contributed by atoms with E-state index in [2.05, 4.69) is 4.74 Å². The quantitative estimate of drug-likeness (QED) is 0.428. The average molecular weight is 240 g/mol. The standard InChI is InChI=1S/C8H18NO5P/c1-6-14-15(11,12)7(8(10)13-5)9(2,3)4/h7H,6H2,1-5H3/p+1. The lowest BCUT2D eigenvalue weighted by molar-refractivity contribution is -0.875. The van der Waals surface area contributed by atoms with Crippen molar-refractivity contribution >= 4 is 13.6 Å². The van der Waals surface area contributed by atoms with Crippen molar-refractivity contribution in [1.29, 1.82) is 0 Å². The molecule has 0 aromatic rings. The Morgan fingerprint density at radius 1 is 1.47 bits per heavy atom. The number of ether oxygens (including phenoxy) is 1. The highest BCUT2D eigenvalue weighted by Gasteiger charge is 2.49. The minimum Gasteiger partial charge on any atom is -0.464 e. The molecule has 0 saturated heterocycles. The second-order valence-electron chi connectivity index (χ2n) is 3.99. The van der Waals surface area contributed by atoms with Crippen molar-refractivity contribution in [2.75, 3.05) is 34.9 Å². The Kier molecular flexibility index (Phi) is 4.93. The lowest BCUT2D eigenvalue weighted by atomic mass is 10.5. The highest BCUT2D eigenvalue weighted by Crippen LogP contribution is 2.50. The van der Waals surface area contributed by atoms with Crippen LogP contribution in [0.3, 0.4) is 0 Å². The Morgan fingerprint density at radius 3 is 2.20 bits per heavy atom. The van der Waals surface area contributed by atoms with Gasteiger partial charge in [0.25, 0.3) is 5.78 Å². The van der Waals surface area contributed by atoms with Crippen LogP contribution in [0.2, 0.25) is 0 Å². The lowest BCUT2D eigenvalue weighted by Gasteiger charge is -2.33. The van der Waals surface area contributed by atoms with E-state index in [0.29, 0.717) is 0 Å². The second kappa shape index (κ2) is 5.07. The zero-order chi connectivity index (χ0) is 12.3. The minimum atomic E-state index is -4.00. The summed E-state index contributed by atoms with van der Waals surface area (Å²) in [6.45, 7) is 1.66. The molecule has 0 aliphatic heterocycles. The Bertz CT molecular complexity index is 273. The highest BCUT2D eigenvalue weighted by atomic mass is 31.2. The van der Waals surface area contributed by atoms with Crippen LogP contribution >= 0.6 is 7.60 Å². The summed E-state index contributed by atoms with van der Waals surface area (Å²) in [5.74, 6) is -1.97. The molecule has 6 nitrogen and oxygen atoms in total. The van der Waals surface area contributed by atoms with E-state index in [1.54, 1.807) is 28.1 Å². The van der Waals surface area contributed by atoms with Crippen molar-refractivity contribution in [1.82, 2.24) is 0 Å². The minimum absolute atomic E-state index is 0.0273. The molecule has 90 valence electrons. The Balaban J connectivity index is 5.12. The molecule has 0 saturated carbocycles. The van der Waals surface area contributed by atoms with E-state index >= 15 is 0 Å². The van der Waals surface area contributed by atoms with Crippen LogP contribution < -0.4 is 0 Å². The molecule has 0 aliphatic rings. The number of methoxy groups -OCH3 is 1. The van der Waals surface area contributed by atoms with Gasteiger partial charge in [0.15, 0.2) is 0 Å². The first kappa shape index (κ1) is 14.6. The van der Waals surface area contributed by atoms with Gasteiger partial charge < -0.3 is 18.6 Å². The van der Waals surface area contributed by atoms with Crippen molar-refractivity contribution in [3.05, 3.63) is 0 Å². The van der Waals surface area contributed by atoms with E-state index in [1.165, 1.54) is 7.11 Å². The number of quaternary nitrogens is 1. The predicted octanol–water partition coefficient (Wildman–Crippen LogP) is 0.414. The summed E-state index contributed by atoms with van der Waals surface area (Å²) < 4.78 is 21.0. The van der Waals surface area contributed by atoms with Crippen LogP contribution in [0.25, 0.3) is 0 Å². The van der Waals surface area contributed by atoms with Crippen LogP contribution in [-0.4, -0.2) is 56.0 Å². The van der Waals surface area contributed by atoms with E-state index in [4.69, 9.17) is 4.52 Å². The molecule has 0 aromatic heterocycles. The summed E-state index contributed by atoms with van der Waals surface area (Å²) in [5.41, 5.74) is 0. The molecule has 1 N–H and O–H groups in total. The molecule has 0 aliphatic carbocycles. The maximum absolute atomic E-state index is 11.8. The highest BCUT2D eigenvalue weighted by molar-refractivity contribution is 7.54. The zero-order valence-corrected chi connectivity index (χ0v) is 10.7. The van der Waals surface area contributed by atoms with Gasteiger partial charge in [-0.25, -0.2) is 4.79 Å². The number of carbonyl (C=O) groups excluding carboxylic acids is 1. The molecule has 0 bridgehead atoms. The van der Waals surface area contributed by atoms with Crippen LogP contribution in [0, 0.1) is 0 Å². The summed E-state index contributed by atoms with van der Waals surface area (Å²) in [6, 6.07) is 0. The topological polar surface area (TPSA) is 72.8 Å². The average Bonchev–Trinajstić information content (AvgIpc) is 2.00. The number of esters is 1. The van der Waals surface area contributed by atoms with E-state index in [9.17, 15) is 14.3 Å². The molecule has 7 heteroatoms. The number of carbonyl (C=O) groups is 1. The number of hydrogen-bond donors (Lipinski definition) is 1. The second-order valence-corrected chi connectivity index (χ2v) is 5.87. The summed E-state index contributed by atoms with van der Waals surface area (Å²) in [4.78, 5) is 21.1. The van der Waals surface area contributed by atoms with Gasteiger partial charge in [0.2, 0.25) is 0 Å². The number of nitrogens with zero attached hydrogens (tertiary/aromatic N) is 1. The van der Waals surface area contributed by atoms with Crippen LogP contribution in [-0.2, 0) is 18.6 Å². The monoisotopic (exact) mass is 240 g/mol. The van der Waals surface area contributed by atoms with Gasteiger partial charge in [-0.05, 0) is 6.92 Å². The van der Waals surface area contributed by atoms with Crippen LogP contribution in [0.1, 0.15) is 6.92 Å². The fourth-order valence-electron chi connectivity index (χ4n) is 1.25. The van der Waals surface area contributed by atoms with E-state index < -0.39 is 19.3 Å². The molecular formula is C8H19NO5P+. The van der Waals surface area contributed by atoms with Gasteiger partial charge in [-0.2, -0.15) is 0 Å². The molecule has 0 spiro atoms. The molecule has 0 amide bonds. The summed E-state index contributed by atoms with van der Waals surface area (Å²) in [5, 5.41) is 0. The Morgan fingerprint density at radius 2 is 1.93 bits per heavy atom. The van der Waals surface area contributed by atoms with Gasteiger partial charge in [0.05, 0.1) is 34.9 Å². The molecule has 0 rings (SSSR count). The number of rotatable bonds is 5. The zero-order valence-electron chi connectivity index (χ0n) is 9.76. The Hall–Kier alpha value is -0.420. The van der Waals surface area contributed by atoms with Crippen molar-refractivity contribution < 1.29 is 28.0 Å². The number of likely N-dealkylation sites (N-methyl/N-ethyl adjacent to an activating group) is 1. The molecule has 0 heterocycles. The third-order valence-electron chi connectivity index (χ3n) is 1.77. The third-order valence-corrected chi connectivity index (χ3v) is 3.92. The van der Waals surface area contributed by atoms with E-state index in [0.717, 1.165) is 0 Å². The van der Waals surface area contributed by atoms with Gasteiger partial charge in [0, 0.05) is 0 Å². The number of hydrogen-bond acceptors (Lipinski definition) is 4. The maximum Gasteiger partial charge on any atom is 0.396 e. The van der Waals surface area contributed by atoms with Crippen LogP contribution in [0.5, 0.6) is 0 Å². The third kappa shape index (κ3) is 3.91. The van der Waals surface area contributed by atoms with Crippen LogP contribution in [0.4, 0.5) is 0 Å². The van der Waals surface area contributed by atoms with Crippen LogP contribution in [0.15, 0.2) is 0 Å². The van der Waals surface area contributed by atoms with Gasteiger partial charge >= 0.3 is 13.6 Å². The smallest absolute Gasteiger partial charge is 0.396 e. The largest absolute Gasteiger partial charge is 0.464 e. The molecule has 0 fully saturated rings. The molecular weight excluding hydrogens is 221 g/mol. The first-order chi connectivity index (χ1) is 6.66. The van der Waals surface area contributed by atoms with Crippen molar-refractivity contribution in [3.8, 4) is 0 Å². The molecule has 0 radical (unpaired) electrons. The fraction of sp³-hybridized carbons (Fsp3) is 0.875. The molecule has 0 aromatic carbocycles. The summed E-state index contributed by atoms with van der Waals surface area (Å²) in [6.07, 6.45) is 0. The van der Waals surface area contributed by atoms with Gasteiger partial charge in [-0.1, -0.05) is 0 Å². The Labute approximate surface area is 89.9 Å². The molecule has 2 atom stereocenters. The van der Waals surface area contributed by atoms with Gasteiger partial charge in [0.1, 0.15) is 0 Å². The summed E-state index contributed by atoms with van der Waals surface area (Å²) >= 11 is 0. The normalized spacial score (nSPS) is 18.0. The fourth-order valence-corrected chi connectivity index (χ4v) is 3.01. The van der Waals surface area contributed by atoms with Gasteiger partial charge in [-0.3, -0.25) is 4.57 Å². The molecule has 2 unspecified atom stereocenters. The maximum atomic E-state index is 11.8. The SMILES string of the molecule is CCOP(=O)(O)C(C(=O)OC)[N+](C)(C)C. The first-order valence-corrected chi connectivity index (χ1v) is 6.17. The van der Waals surface area contributed by atoms with E-state index in [1.807, 2.05) is 0 Å². The van der Waals surface area contributed by atoms with Gasteiger partial charge in [-0.15, -0.1) is 0 Å².